The Balaban J connectivity index is 1.60. The van der Waals surface area contributed by atoms with E-state index in [0.717, 1.165) is 24.4 Å². The summed E-state index contributed by atoms with van der Waals surface area (Å²) in [6, 6.07) is 26.6. The smallest absolute Gasteiger partial charge is 0.118 e. The molecular formula is C26H31NO3. The number of aliphatic hydroxyl groups is 1. The molecule has 3 aromatic carbocycles. The van der Waals surface area contributed by atoms with Crippen molar-refractivity contribution < 1.29 is 14.6 Å². The summed E-state index contributed by atoms with van der Waals surface area (Å²) in [5, 5.41) is 10.6. The van der Waals surface area contributed by atoms with Gasteiger partial charge in [0.2, 0.25) is 0 Å². The first kappa shape index (κ1) is 22.0. The summed E-state index contributed by atoms with van der Waals surface area (Å²) in [6.07, 6.45) is -0.559. The summed E-state index contributed by atoms with van der Waals surface area (Å²) in [4.78, 5) is 2.26. The van der Waals surface area contributed by atoms with Crippen LogP contribution in [0.2, 0.25) is 0 Å². The van der Waals surface area contributed by atoms with Gasteiger partial charge in [-0.15, -0.1) is 0 Å². The zero-order valence-electron chi connectivity index (χ0n) is 17.8. The summed E-state index contributed by atoms with van der Waals surface area (Å²) in [5.74, 6) is 0.846. The number of hydrogen-bond acceptors (Lipinski definition) is 4. The van der Waals surface area contributed by atoms with E-state index in [4.69, 9.17) is 9.47 Å². The third-order valence-corrected chi connectivity index (χ3v) is 4.94. The fourth-order valence-electron chi connectivity index (χ4n) is 3.48. The molecule has 4 heteroatoms. The molecule has 0 aliphatic rings. The van der Waals surface area contributed by atoms with Crippen molar-refractivity contribution in [2.24, 2.45) is 0 Å². The zero-order valence-corrected chi connectivity index (χ0v) is 17.8. The van der Waals surface area contributed by atoms with Crippen molar-refractivity contribution >= 4 is 0 Å². The zero-order chi connectivity index (χ0) is 21.2. The van der Waals surface area contributed by atoms with Crippen molar-refractivity contribution in [1.82, 2.24) is 4.90 Å². The number of nitrogens with zero attached hydrogens (tertiary/aromatic N) is 1. The van der Waals surface area contributed by atoms with Gasteiger partial charge in [-0.1, -0.05) is 72.3 Å². The number of methoxy groups -OCH3 is 1. The second kappa shape index (κ2) is 11.5. The van der Waals surface area contributed by atoms with Gasteiger partial charge < -0.3 is 14.6 Å². The van der Waals surface area contributed by atoms with Crippen LogP contribution in [0.4, 0.5) is 0 Å². The quantitative estimate of drug-likeness (QED) is 0.507. The van der Waals surface area contributed by atoms with E-state index < -0.39 is 6.10 Å². The van der Waals surface area contributed by atoms with Gasteiger partial charge in [0.05, 0.1) is 26.4 Å². The first-order valence-electron chi connectivity index (χ1n) is 10.3. The Kier molecular flexibility index (Phi) is 8.45. The van der Waals surface area contributed by atoms with Gasteiger partial charge in [-0.2, -0.15) is 0 Å². The maximum atomic E-state index is 10.6. The highest BCUT2D eigenvalue weighted by Gasteiger charge is 2.14. The van der Waals surface area contributed by atoms with E-state index in [0.29, 0.717) is 19.8 Å². The number of benzene rings is 3. The Hall–Kier alpha value is -2.66. The molecule has 0 heterocycles. The van der Waals surface area contributed by atoms with Crippen LogP contribution in [0.25, 0.3) is 0 Å². The fraction of sp³-hybridized carbons (Fsp3) is 0.308. The monoisotopic (exact) mass is 405 g/mol. The van der Waals surface area contributed by atoms with Gasteiger partial charge >= 0.3 is 0 Å². The number of aliphatic hydroxyl groups excluding tert-OH is 1. The van der Waals surface area contributed by atoms with Crippen LogP contribution in [0.5, 0.6) is 5.75 Å². The average molecular weight is 406 g/mol. The van der Waals surface area contributed by atoms with E-state index in [1.165, 1.54) is 16.7 Å². The van der Waals surface area contributed by atoms with Gasteiger partial charge in [-0.3, -0.25) is 4.90 Å². The Bertz CT molecular complexity index is 880. The van der Waals surface area contributed by atoms with E-state index in [1.54, 1.807) is 7.11 Å². The Morgan fingerprint density at radius 2 is 1.53 bits per heavy atom. The van der Waals surface area contributed by atoms with Gasteiger partial charge in [-0.25, -0.2) is 0 Å². The van der Waals surface area contributed by atoms with Crippen LogP contribution in [0.1, 0.15) is 22.3 Å². The Labute approximate surface area is 179 Å². The largest absolute Gasteiger partial charge is 0.497 e. The van der Waals surface area contributed by atoms with Crippen LogP contribution in [0.3, 0.4) is 0 Å². The number of ether oxygens (including phenoxy) is 2. The minimum atomic E-state index is -0.559. The van der Waals surface area contributed by atoms with Gasteiger partial charge in [0.15, 0.2) is 0 Å². The molecule has 3 aromatic rings. The van der Waals surface area contributed by atoms with Crippen molar-refractivity contribution in [3.8, 4) is 5.75 Å². The highest BCUT2D eigenvalue weighted by Crippen LogP contribution is 2.16. The molecule has 1 N–H and O–H groups in total. The maximum absolute atomic E-state index is 10.6. The third-order valence-electron chi connectivity index (χ3n) is 4.94. The summed E-state index contributed by atoms with van der Waals surface area (Å²) < 4.78 is 11.0. The molecule has 0 fully saturated rings. The lowest BCUT2D eigenvalue weighted by Gasteiger charge is -2.25. The minimum absolute atomic E-state index is 0.307. The molecule has 0 saturated heterocycles. The van der Waals surface area contributed by atoms with Crippen molar-refractivity contribution in [3.05, 3.63) is 101 Å². The van der Waals surface area contributed by atoms with Crippen LogP contribution in [-0.2, 0) is 24.4 Å². The number of aryl methyl sites for hydroxylation is 1. The third kappa shape index (κ3) is 7.30. The fourth-order valence-corrected chi connectivity index (χ4v) is 3.48. The number of rotatable bonds is 11. The molecule has 0 amide bonds. The lowest BCUT2D eigenvalue weighted by molar-refractivity contribution is 0.00712. The molecular weight excluding hydrogens is 374 g/mol. The summed E-state index contributed by atoms with van der Waals surface area (Å²) in [5.41, 5.74) is 4.77. The lowest BCUT2D eigenvalue weighted by atomic mass is 10.1. The van der Waals surface area contributed by atoms with Crippen LogP contribution in [0.15, 0.2) is 78.9 Å². The topological polar surface area (TPSA) is 41.9 Å². The van der Waals surface area contributed by atoms with Gasteiger partial charge in [-0.05, 0) is 35.7 Å². The molecule has 0 bridgehead atoms. The molecule has 3 rings (SSSR count). The van der Waals surface area contributed by atoms with Gasteiger partial charge in [0.1, 0.15) is 5.75 Å². The molecule has 0 aliphatic heterocycles. The van der Waals surface area contributed by atoms with Crippen molar-refractivity contribution in [2.45, 2.75) is 32.7 Å². The molecule has 0 saturated carbocycles. The standard InChI is InChI=1S/C26H31NO3/c1-21-7-6-10-24(15-21)17-27(16-22-11-13-26(29-2)14-12-22)18-25(28)20-30-19-23-8-4-3-5-9-23/h3-15,25,28H,16-20H2,1-2H3/t25-/m0/s1. The molecule has 0 aromatic heterocycles. The average Bonchev–Trinajstić information content (AvgIpc) is 2.75. The van der Waals surface area contributed by atoms with Gasteiger partial charge in [0.25, 0.3) is 0 Å². The van der Waals surface area contributed by atoms with E-state index in [1.807, 2.05) is 42.5 Å². The minimum Gasteiger partial charge on any atom is -0.497 e. The highest BCUT2D eigenvalue weighted by molar-refractivity contribution is 5.27. The summed E-state index contributed by atoms with van der Waals surface area (Å²) >= 11 is 0. The first-order chi connectivity index (χ1) is 14.6. The van der Waals surface area contributed by atoms with E-state index in [2.05, 4.69) is 48.2 Å². The normalized spacial score (nSPS) is 12.1. The predicted molar refractivity (Wildman–Crippen MR) is 120 cm³/mol. The Morgan fingerprint density at radius 3 is 2.23 bits per heavy atom. The molecule has 1 atom stereocenters. The Morgan fingerprint density at radius 1 is 0.833 bits per heavy atom. The van der Waals surface area contributed by atoms with Crippen molar-refractivity contribution in [2.75, 3.05) is 20.3 Å². The van der Waals surface area contributed by atoms with Crippen molar-refractivity contribution in [3.63, 3.8) is 0 Å². The SMILES string of the molecule is COc1ccc(CN(Cc2cccc(C)c2)C[C@H](O)COCc2ccccc2)cc1. The second-order valence-corrected chi connectivity index (χ2v) is 7.66. The predicted octanol–water partition coefficient (Wildman–Crippen LogP) is 4.58. The van der Waals surface area contributed by atoms with Gasteiger partial charge in [0, 0.05) is 19.6 Å². The van der Waals surface area contributed by atoms with Crippen LogP contribution in [-0.4, -0.2) is 36.4 Å². The molecule has 4 nitrogen and oxygen atoms in total. The number of hydrogen-bond donors (Lipinski definition) is 1. The highest BCUT2D eigenvalue weighted by atomic mass is 16.5. The van der Waals surface area contributed by atoms with E-state index >= 15 is 0 Å². The molecule has 30 heavy (non-hydrogen) atoms. The van der Waals surface area contributed by atoms with Crippen LogP contribution >= 0.6 is 0 Å². The molecule has 0 aliphatic carbocycles. The molecule has 0 spiro atoms. The molecule has 0 radical (unpaired) electrons. The van der Waals surface area contributed by atoms with Crippen LogP contribution < -0.4 is 4.74 Å². The summed E-state index contributed by atoms with van der Waals surface area (Å²) in [7, 11) is 1.67. The summed E-state index contributed by atoms with van der Waals surface area (Å²) in [6.45, 7) is 4.96. The lowest BCUT2D eigenvalue weighted by Crippen LogP contribution is -2.34. The second-order valence-electron chi connectivity index (χ2n) is 7.66. The first-order valence-corrected chi connectivity index (χ1v) is 10.3. The van der Waals surface area contributed by atoms with Crippen LogP contribution in [0, 0.1) is 6.92 Å². The van der Waals surface area contributed by atoms with Crippen molar-refractivity contribution in [1.29, 1.82) is 0 Å². The molecule has 158 valence electrons. The molecule has 0 unspecified atom stereocenters. The van der Waals surface area contributed by atoms with E-state index in [9.17, 15) is 5.11 Å². The van der Waals surface area contributed by atoms with E-state index in [-0.39, 0.29) is 0 Å². The maximum Gasteiger partial charge on any atom is 0.118 e.